The molecule has 1 heterocycles. The lowest BCUT2D eigenvalue weighted by Gasteiger charge is -2.30. The minimum Gasteiger partial charge on any atom is -0.350 e. The van der Waals surface area contributed by atoms with Crippen molar-refractivity contribution < 1.29 is 4.79 Å². The second kappa shape index (κ2) is 6.20. The first-order valence-corrected chi connectivity index (χ1v) is 7.17. The van der Waals surface area contributed by atoms with Gasteiger partial charge >= 0.3 is 0 Å². The van der Waals surface area contributed by atoms with Gasteiger partial charge in [0.25, 0.3) is 5.91 Å². The van der Waals surface area contributed by atoms with Gasteiger partial charge in [-0.15, -0.1) is 0 Å². The summed E-state index contributed by atoms with van der Waals surface area (Å²) in [6.07, 6.45) is 2.49. The molecule has 0 spiro atoms. The molecule has 2 N–H and O–H groups in total. The summed E-state index contributed by atoms with van der Waals surface area (Å²) in [5.41, 5.74) is 3.03. The normalized spacial score (nSPS) is 23.1. The largest absolute Gasteiger partial charge is 0.350 e. The van der Waals surface area contributed by atoms with Crippen LogP contribution in [0.3, 0.4) is 0 Å². The Bertz CT molecular complexity index is 456. The Hall–Kier alpha value is -1.35. The van der Waals surface area contributed by atoms with Gasteiger partial charge in [0.15, 0.2) is 0 Å². The summed E-state index contributed by atoms with van der Waals surface area (Å²) < 4.78 is 0. The fraction of sp³-hybridized carbons (Fsp3) is 0.562. The quantitative estimate of drug-likeness (QED) is 0.876. The van der Waals surface area contributed by atoms with Crippen molar-refractivity contribution in [3.05, 3.63) is 34.9 Å². The van der Waals surface area contributed by atoms with Crippen LogP contribution < -0.4 is 10.6 Å². The van der Waals surface area contributed by atoms with Gasteiger partial charge in [0.05, 0.1) is 0 Å². The Morgan fingerprint density at radius 3 is 2.95 bits per heavy atom. The Balaban J connectivity index is 1.95. The van der Waals surface area contributed by atoms with E-state index in [1.807, 2.05) is 32.0 Å². The minimum atomic E-state index is 0.0424. The molecule has 104 valence electrons. The van der Waals surface area contributed by atoms with Gasteiger partial charge in [0, 0.05) is 18.2 Å². The molecule has 1 aliphatic heterocycles. The number of amides is 1. The van der Waals surface area contributed by atoms with Crippen LogP contribution in [0.1, 0.15) is 41.3 Å². The highest BCUT2D eigenvalue weighted by molar-refractivity contribution is 5.95. The Labute approximate surface area is 115 Å². The number of hydrogen-bond donors (Lipinski definition) is 2. The number of carbonyl (C=O) groups is 1. The van der Waals surface area contributed by atoms with Gasteiger partial charge in [-0.2, -0.15) is 0 Å². The smallest absolute Gasteiger partial charge is 0.251 e. The Kier molecular flexibility index (Phi) is 4.59. The minimum absolute atomic E-state index is 0.0424. The highest BCUT2D eigenvalue weighted by atomic mass is 16.1. The summed E-state index contributed by atoms with van der Waals surface area (Å²) in [6.45, 7) is 8.07. The third-order valence-corrected chi connectivity index (χ3v) is 4.26. The molecule has 0 aromatic heterocycles. The Morgan fingerprint density at radius 1 is 1.42 bits per heavy atom. The molecule has 1 aromatic rings. The van der Waals surface area contributed by atoms with E-state index in [-0.39, 0.29) is 5.91 Å². The third kappa shape index (κ3) is 3.35. The van der Waals surface area contributed by atoms with E-state index in [0.717, 1.165) is 23.2 Å². The fourth-order valence-corrected chi connectivity index (χ4v) is 2.68. The lowest BCUT2D eigenvalue weighted by atomic mass is 9.92. The average Bonchev–Trinajstić information content (AvgIpc) is 2.40. The summed E-state index contributed by atoms with van der Waals surface area (Å²) in [5, 5.41) is 6.55. The third-order valence-electron chi connectivity index (χ3n) is 4.26. The van der Waals surface area contributed by atoms with Gasteiger partial charge in [0.1, 0.15) is 0 Å². The molecule has 1 saturated heterocycles. The fourth-order valence-electron chi connectivity index (χ4n) is 2.68. The summed E-state index contributed by atoms with van der Waals surface area (Å²) in [4.78, 5) is 12.2. The van der Waals surface area contributed by atoms with Crippen molar-refractivity contribution in [2.24, 2.45) is 5.92 Å². The van der Waals surface area contributed by atoms with Gasteiger partial charge in [-0.05, 0) is 56.3 Å². The molecule has 0 radical (unpaired) electrons. The highest BCUT2D eigenvalue weighted by Gasteiger charge is 2.21. The van der Waals surface area contributed by atoms with Gasteiger partial charge in [-0.1, -0.05) is 19.1 Å². The molecule has 1 fully saturated rings. The zero-order chi connectivity index (χ0) is 13.8. The first kappa shape index (κ1) is 14.1. The van der Waals surface area contributed by atoms with E-state index < -0.39 is 0 Å². The molecule has 2 atom stereocenters. The molecule has 2 rings (SSSR count). The molecule has 1 aliphatic rings. The van der Waals surface area contributed by atoms with E-state index in [9.17, 15) is 4.79 Å². The van der Waals surface area contributed by atoms with E-state index in [0.29, 0.717) is 18.5 Å². The molecule has 19 heavy (non-hydrogen) atoms. The molecule has 3 nitrogen and oxygen atoms in total. The van der Waals surface area contributed by atoms with Crippen molar-refractivity contribution in [1.82, 2.24) is 10.6 Å². The van der Waals surface area contributed by atoms with Crippen molar-refractivity contribution in [2.75, 3.05) is 13.1 Å². The van der Waals surface area contributed by atoms with Crippen LogP contribution in [0.2, 0.25) is 0 Å². The lowest BCUT2D eigenvalue weighted by molar-refractivity contribution is 0.0943. The van der Waals surface area contributed by atoms with Crippen LogP contribution in [-0.4, -0.2) is 25.0 Å². The van der Waals surface area contributed by atoms with E-state index >= 15 is 0 Å². The van der Waals surface area contributed by atoms with Crippen LogP contribution in [0.15, 0.2) is 18.2 Å². The van der Waals surface area contributed by atoms with Gasteiger partial charge in [-0.25, -0.2) is 0 Å². The molecule has 2 unspecified atom stereocenters. The van der Waals surface area contributed by atoms with E-state index in [1.54, 1.807) is 0 Å². The first-order chi connectivity index (χ1) is 9.09. The number of benzene rings is 1. The summed E-state index contributed by atoms with van der Waals surface area (Å²) in [5.74, 6) is 0.674. The zero-order valence-electron chi connectivity index (χ0n) is 12.1. The van der Waals surface area contributed by atoms with Crippen molar-refractivity contribution >= 4 is 5.91 Å². The molecular formula is C16H24N2O. The average molecular weight is 260 g/mol. The monoisotopic (exact) mass is 260 g/mol. The zero-order valence-corrected chi connectivity index (χ0v) is 12.1. The summed E-state index contributed by atoms with van der Waals surface area (Å²) >= 11 is 0. The molecule has 0 saturated carbocycles. The molecule has 0 bridgehead atoms. The molecule has 3 heteroatoms. The van der Waals surface area contributed by atoms with Crippen LogP contribution in [0.5, 0.6) is 0 Å². The van der Waals surface area contributed by atoms with Crippen molar-refractivity contribution in [3.63, 3.8) is 0 Å². The topological polar surface area (TPSA) is 41.1 Å². The molecule has 1 amide bonds. The van der Waals surface area contributed by atoms with Crippen molar-refractivity contribution in [1.29, 1.82) is 0 Å². The number of aryl methyl sites for hydroxylation is 1. The van der Waals surface area contributed by atoms with Gasteiger partial charge in [-0.3, -0.25) is 4.79 Å². The SMILES string of the molecule is Cc1cccc(C(=O)NCC2NCCCC2C)c1C. The number of carbonyl (C=O) groups excluding carboxylic acids is 1. The van der Waals surface area contributed by atoms with Crippen LogP contribution in [-0.2, 0) is 0 Å². The molecular weight excluding hydrogens is 236 g/mol. The van der Waals surface area contributed by atoms with Crippen LogP contribution in [0.4, 0.5) is 0 Å². The second-order valence-corrected chi connectivity index (χ2v) is 5.64. The van der Waals surface area contributed by atoms with Crippen LogP contribution in [0.25, 0.3) is 0 Å². The maximum atomic E-state index is 12.2. The van der Waals surface area contributed by atoms with Crippen LogP contribution >= 0.6 is 0 Å². The van der Waals surface area contributed by atoms with Crippen molar-refractivity contribution in [3.8, 4) is 0 Å². The van der Waals surface area contributed by atoms with Gasteiger partial charge < -0.3 is 10.6 Å². The predicted octanol–water partition coefficient (Wildman–Crippen LogP) is 2.42. The number of piperidine rings is 1. The lowest BCUT2D eigenvalue weighted by Crippen LogP contribution is -2.47. The summed E-state index contributed by atoms with van der Waals surface area (Å²) in [6, 6.07) is 6.29. The van der Waals surface area contributed by atoms with E-state index in [1.165, 1.54) is 12.8 Å². The number of hydrogen-bond acceptors (Lipinski definition) is 2. The predicted molar refractivity (Wildman–Crippen MR) is 78.4 cm³/mol. The van der Waals surface area contributed by atoms with E-state index in [4.69, 9.17) is 0 Å². The van der Waals surface area contributed by atoms with Crippen LogP contribution in [0, 0.1) is 19.8 Å². The summed E-state index contributed by atoms with van der Waals surface area (Å²) in [7, 11) is 0. The van der Waals surface area contributed by atoms with Crippen molar-refractivity contribution in [2.45, 2.75) is 39.7 Å². The standard InChI is InChI=1S/C16H24N2O/c1-11-6-4-8-14(13(11)3)16(19)18-10-15-12(2)7-5-9-17-15/h4,6,8,12,15,17H,5,7,9-10H2,1-3H3,(H,18,19). The number of rotatable bonds is 3. The molecule has 1 aromatic carbocycles. The molecule has 0 aliphatic carbocycles. The Morgan fingerprint density at radius 2 is 2.21 bits per heavy atom. The highest BCUT2D eigenvalue weighted by Crippen LogP contribution is 2.16. The first-order valence-electron chi connectivity index (χ1n) is 7.17. The maximum absolute atomic E-state index is 12.2. The van der Waals surface area contributed by atoms with Gasteiger partial charge in [0.2, 0.25) is 0 Å². The number of nitrogens with one attached hydrogen (secondary N) is 2. The van der Waals surface area contributed by atoms with E-state index in [2.05, 4.69) is 17.6 Å². The maximum Gasteiger partial charge on any atom is 0.251 e. The second-order valence-electron chi connectivity index (χ2n) is 5.64.